The van der Waals surface area contributed by atoms with Gasteiger partial charge in [-0.1, -0.05) is 6.08 Å². The Morgan fingerprint density at radius 2 is 1.88 bits per heavy atom. The van der Waals surface area contributed by atoms with Gasteiger partial charge in [-0.05, 0) is 19.8 Å². The van der Waals surface area contributed by atoms with Crippen molar-refractivity contribution in [2.45, 2.75) is 32.6 Å². The zero-order valence-electron chi connectivity index (χ0n) is 9.98. The molecule has 0 aliphatic carbocycles. The van der Waals surface area contributed by atoms with E-state index in [4.69, 9.17) is 4.74 Å². The molecule has 0 bridgehead atoms. The summed E-state index contributed by atoms with van der Waals surface area (Å²) in [6, 6.07) is 0. The van der Waals surface area contributed by atoms with Crippen LogP contribution in [0.25, 0.3) is 0 Å². The lowest BCUT2D eigenvalue weighted by atomic mass is 10.2. The van der Waals surface area contributed by atoms with E-state index in [1.54, 1.807) is 6.92 Å². The summed E-state index contributed by atoms with van der Waals surface area (Å²) in [4.78, 5) is 35.4. The Balaban J connectivity index is 2.50. The molecule has 1 heterocycles. The molecule has 5 heteroatoms. The second-order valence-corrected chi connectivity index (χ2v) is 3.76. The lowest BCUT2D eigenvalue weighted by Gasteiger charge is -2.15. The van der Waals surface area contributed by atoms with Gasteiger partial charge in [0.05, 0.1) is 6.61 Å². The molecule has 0 spiro atoms. The second-order valence-electron chi connectivity index (χ2n) is 3.76. The minimum absolute atomic E-state index is 0.149. The van der Waals surface area contributed by atoms with Crippen LogP contribution in [0.15, 0.2) is 12.2 Å². The van der Waals surface area contributed by atoms with Crippen LogP contribution in [0.5, 0.6) is 0 Å². The highest BCUT2D eigenvalue weighted by atomic mass is 16.5. The summed E-state index contributed by atoms with van der Waals surface area (Å²) in [7, 11) is 0. The molecule has 5 nitrogen and oxygen atoms in total. The van der Waals surface area contributed by atoms with Crippen molar-refractivity contribution >= 4 is 17.8 Å². The smallest absolute Gasteiger partial charge is 0.330 e. The van der Waals surface area contributed by atoms with Gasteiger partial charge in [0.1, 0.15) is 0 Å². The van der Waals surface area contributed by atoms with E-state index in [0.717, 1.165) is 12.8 Å². The van der Waals surface area contributed by atoms with Gasteiger partial charge >= 0.3 is 5.97 Å². The molecule has 1 aliphatic rings. The van der Waals surface area contributed by atoms with Gasteiger partial charge in [-0.15, -0.1) is 0 Å². The van der Waals surface area contributed by atoms with Crippen LogP contribution in [0.3, 0.4) is 0 Å². The summed E-state index contributed by atoms with van der Waals surface area (Å²) >= 11 is 0. The highest BCUT2D eigenvalue weighted by molar-refractivity contribution is 5.96. The molecule has 1 fully saturated rings. The number of carbonyl (C=O) groups excluding carboxylic acids is 3. The number of nitrogens with zero attached hydrogens (tertiary/aromatic N) is 1. The topological polar surface area (TPSA) is 63.7 Å². The minimum Gasteiger partial charge on any atom is -0.463 e. The first kappa shape index (κ1) is 13.4. The zero-order chi connectivity index (χ0) is 12.7. The molecule has 1 saturated heterocycles. The first-order valence-electron chi connectivity index (χ1n) is 5.81. The summed E-state index contributed by atoms with van der Waals surface area (Å²) in [5.41, 5.74) is 0. The molecule has 17 heavy (non-hydrogen) atoms. The molecule has 0 aromatic rings. The number of likely N-dealkylation sites (tertiary alicyclic amines) is 1. The lowest BCUT2D eigenvalue weighted by Crippen LogP contribution is -2.35. The van der Waals surface area contributed by atoms with Gasteiger partial charge in [0.25, 0.3) is 0 Å². The maximum Gasteiger partial charge on any atom is 0.330 e. The maximum atomic E-state index is 11.6. The summed E-state index contributed by atoms with van der Waals surface area (Å²) < 4.78 is 4.70. The monoisotopic (exact) mass is 239 g/mol. The van der Waals surface area contributed by atoms with Gasteiger partial charge in [0.2, 0.25) is 11.8 Å². The molecule has 1 aliphatic heterocycles. The number of carbonyl (C=O) groups is 3. The van der Waals surface area contributed by atoms with Crippen molar-refractivity contribution in [2.75, 3.05) is 13.2 Å². The lowest BCUT2D eigenvalue weighted by molar-refractivity contribution is -0.143. The summed E-state index contributed by atoms with van der Waals surface area (Å²) in [6.45, 7) is 2.18. The van der Waals surface area contributed by atoms with Crippen LogP contribution in [0.4, 0.5) is 0 Å². The number of amides is 2. The van der Waals surface area contributed by atoms with E-state index in [0.29, 0.717) is 19.4 Å². The number of hydrogen-bond acceptors (Lipinski definition) is 4. The summed E-state index contributed by atoms with van der Waals surface area (Å²) in [6.07, 6.45) is 5.04. The van der Waals surface area contributed by atoms with Gasteiger partial charge in [0.15, 0.2) is 0 Å². The standard InChI is InChI=1S/C12H17NO4/c1-2-17-12(16)8-5-9-13-10(14)6-3-4-7-11(13)15/h5,8H,2-4,6-7,9H2,1H3/b8-5+. The fourth-order valence-electron chi connectivity index (χ4n) is 1.61. The highest BCUT2D eigenvalue weighted by Gasteiger charge is 2.22. The molecule has 0 aromatic heterocycles. The van der Waals surface area contributed by atoms with Gasteiger partial charge in [0, 0.05) is 25.5 Å². The van der Waals surface area contributed by atoms with Crippen molar-refractivity contribution in [2.24, 2.45) is 0 Å². The van der Waals surface area contributed by atoms with E-state index in [2.05, 4.69) is 0 Å². The third kappa shape index (κ3) is 4.38. The van der Waals surface area contributed by atoms with Crippen LogP contribution < -0.4 is 0 Å². The van der Waals surface area contributed by atoms with Crippen molar-refractivity contribution in [3.8, 4) is 0 Å². The zero-order valence-corrected chi connectivity index (χ0v) is 9.98. The van der Waals surface area contributed by atoms with Crippen LogP contribution in [0, 0.1) is 0 Å². The van der Waals surface area contributed by atoms with Crippen molar-refractivity contribution < 1.29 is 19.1 Å². The predicted molar refractivity (Wildman–Crippen MR) is 61.0 cm³/mol. The number of esters is 1. The Morgan fingerprint density at radius 3 is 2.41 bits per heavy atom. The molecule has 0 N–H and O–H groups in total. The van der Waals surface area contributed by atoms with Crippen LogP contribution in [-0.4, -0.2) is 35.8 Å². The maximum absolute atomic E-state index is 11.6. The average molecular weight is 239 g/mol. The van der Waals surface area contributed by atoms with Gasteiger partial charge in [-0.25, -0.2) is 4.79 Å². The Bertz CT molecular complexity index is 317. The Labute approximate surface area is 100 Å². The molecule has 1 rings (SSSR count). The molecular weight excluding hydrogens is 222 g/mol. The van der Waals surface area contributed by atoms with Crippen molar-refractivity contribution in [3.05, 3.63) is 12.2 Å². The van der Waals surface area contributed by atoms with Crippen LogP contribution in [-0.2, 0) is 19.1 Å². The van der Waals surface area contributed by atoms with Crippen LogP contribution in [0.2, 0.25) is 0 Å². The van der Waals surface area contributed by atoms with E-state index in [9.17, 15) is 14.4 Å². The molecule has 0 saturated carbocycles. The highest BCUT2D eigenvalue weighted by Crippen LogP contribution is 2.12. The Morgan fingerprint density at radius 1 is 1.29 bits per heavy atom. The van der Waals surface area contributed by atoms with Crippen molar-refractivity contribution in [3.63, 3.8) is 0 Å². The molecule has 0 unspecified atom stereocenters. The fraction of sp³-hybridized carbons (Fsp3) is 0.583. The average Bonchev–Trinajstić information content (AvgIpc) is 2.43. The van der Waals surface area contributed by atoms with Gasteiger partial charge in [-0.3, -0.25) is 14.5 Å². The third-order valence-electron chi connectivity index (χ3n) is 2.46. The molecule has 0 radical (unpaired) electrons. The Hall–Kier alpha value is -1.65. The number of hydrogen-bond donors (Lipinski definition) is 0. The molecule has 0 aromatic carbocycles. The largest absolute Gasteiger partial charge is 0.463 e. The molecular formula is C12H17NO4. The Kier molecular flexibility index (Phi) is 5.39. The fourth-order valence-corrected chi connectivity index (χ4v) is 1.61. The third-order valence-corrected chi connectivity index (χ3v) is 2.46. The van der Waals surface area contributed by atoms with Gasteiger partial charge < -0.3 is 4.74 Å². The van der Waals surface area contributed by atoms with E-state index in [1.807, 2.05) is 0 Å². The van der Waals surface area contributed by atoms with Crippen LogP contribution in [0.1, 0.15) is 32.6 Å². The predicted octanol–water partition coefficient (Wildman–Crippen LogP) is 1.03. The van der Waals surface area contributed by atoms with Crippen molar-refractivity contribution in [1.82, 2.24) is 4.90 Å². The van der Waals surface area contributed by atoms with E-state index >= 15 is 0 Å². The second kappa shape index (κ2) is 6.83. The number of imide groups is 1. The van der Waals surface area contributed by atoms with E-state index in [-0.39, 0.29) is 18.4 Å². The van der Waals surface area contributed by atoms with E-state index < -0.39 is 5.97 Å². The summed E-state index contributed by atoms with van der Waals surface area (Å²) in [5.74, 6) is -0.788. The van der Waals surface area contributed by atoms with E-state index in [1.165, 1.54) is 17.1 Å². The number of ether oxygens (including phenoxy) is 1. The summed E-state index contributed by atoms with van der Waals surface area (Å²) in [5, 5.41) is 0. The van der Waals surface area contributed by atoms with Crippen LogP contribution >= 0.6 is 0 Å². The molecule has 2 amide bonds. The first-order valence-corrected chi connectivity index (χ1v) is 5.81. The molecule has 94 valence electrons. The van der Waals surface area contributed by atoms with Crippen molar-refractivity contribution in [1.29, 1.82) is 0 Å². The van der Waals surface area contributed by atoms with Gasteiger partial charge in [-0.2, -0.15) is 0 Å². The quantitative estimate of drug-likeness (QED) is 0.417. The normalized spacial score (nSPS) is 17.4. The molecule has 0 atom stereocenters. The first-order chi connectivity index (χ1) is 8.15. The SMILES string of the molecule is CCOC(=O)/C=C/CN1C(=O)CCCCC1=O. The number of rotatable bonds is 4. The minimum atomic E-state index is -0.456.